The van der Waals surface area contributed by atoms with Crippen molar-refractivity contribution >= 4 is 11.6 Å². The van der Waals surface area contributed by atoms with Crippen LogP contribution < -0.4 is 0 Å². The molecule has 2 nitrogen and oxygen atoms in total. The van der Waals surface area contributed by atoms with Crippen molar-refractivity contribution in [2.24, 2.45) is 0 Å². The van der Waals surface area contributed by atoms with Crippen LogP contribution in [0.1, 0.15) is 232 Å². The fourth-order valence-electron chi connectivity index (χ4n) is 6.36. The standard InChI is InChI=1S/C38H71ClO2.C6H14/c39-35-33-31-29-27-25-23-21-19-17-15-13-11-9-7-5-3-1-2-4-6-8-10-12-14-16-18-20-22-24-26-28-30-32-34-38-40-36-37-41-38;1-3-5-6-4-2/h10,12-13,15,38H,1-9,11,14,16-37H2;3-6H2,1-2H3/b12-10+,15-13+;. The Bertz CT molecular complexity index is 594. The Morgan fingerprint density at radius 3 is 0.957 bits per heavy atom. The summed E-state index contributed by atoms with van der Waals surface area (Å²) in [6, 6.07) is 0. The molecule has 1 aliphatic heterocycles. The van der Waals surface area contributed by atoms with E-state index in [0.717, 1.165) is 25.5 Å². The topological polar surface area (TPSA) is 18.5 Å². The molecular weight excluding hydrogens is 596 g/mol. The summed E-state index contributed by atoms with van der Waals surface area (Å²) in [6.07, 6.45) is 56.4. The minimum absolute atomic E-state index is 0.101. The Hall–Kier alpha value is -0.310. The highest BCUT2D eigenvalue weighted by molar-refractivity contribution is 6.17. The van der Waals surface area contributed by atoms with E-state index in [1.54, 1.807) is 0 Å². The minimum Gasteiger partial charge on any atom is -0.350 e. The second kappa shape index (κ2) is 43.7. The van der Waals surface area contributed by atoms with Crippen molar-refractivity contribution in [2.45, 2.75) is 238 Å². The predicted molar refractivity (Wildman–Crippen MR) is 213 cm³/mol. The molecule has 0 aromatic heterocycles. The van der Waals surface area contributed by atoms with E-state index in [-0.39, 0.29) is 6.29 Å². The molecule has 0 bridgehead atoms. The van der Waals surface area contributed by atoms with Gasteiger partial charge in [0.05, 0.1) is 13.2 Å². The molecule has 0 spiro atoms. The molecule has 280 valence electrons. The molecule has 1 heterocycles. The number of allylic oxidation sites excluding steroid dienone is 4. The van der Waals surface area contributed by atoms with E-state index in [9.17, 15) is 0 Å². The Kier molecular flexibility index (Phi) is 43.4. The SMILES string of the molecule is CCCCCC.ClCCCCCCCCCC/C=C/CCCCCCCCCC/C=C/CCCCCCCCCCCC1OCCO1. The maximum absolute atomic E-state index is 5.72. The summed E-state index contributed by atoms with van der Waals surface area (Å²) in [7, 11) is 0. The van der Waals surface area contributed by atoms with Gasteiger partial charge in [-0.05, 0) is 70.6 Å². The normalized spacial score (nSPS) is 13.7. The first-order valence-electron chi connectivity index (χ1n) is 21.4. The largest absolute Gasteiger partial charge is 0.350 e. The average molecular weight is 682 g/mol. The molecule has 0 aliphatic carbocycles. The van der Waals surface area contributed by atoms with Crippen LogP contribution in [-0.4, -0.2) is 25.4 Å². The van der Waals surface area contributed by atoms with Crippen LogP contribution in [0.4, 0.5) is 0 Å². The van der Waals surface area contributed by atoms with Crippen LogP contribution in [0.2, 0.25) is 0 Å². The van der Waals surface area contributed by atoms with E-state index in [1.807, 2.05) is 0 Å². The Morgan fingerprint density at radius 2 is 0.660 bits per heavy atom. The van der Waals surface area contributed by atoms with Gasteiger partial charge in [-0.25, -0.2) is 0 Å². The molecule has 0 saturated carbocycles. The third-order valence-electron chi connectivity index (χ3n) is 9.54. The Balaban J connectivity index is 0.00000320. The lowest BCUT2D eigenvalue weighted by molar-refractivity contribution is -0.0480. The van der Waals surface area contributed by atoms with Crippen LogP contribution in [0.5, 0.6) is 0 Å². The first-order chi connectivity index (χ1) is 23.3. The monoisotopic (exact) mass is 681 g/mol. The van der Waals surface area contributed by atoms with Crippen LogP contribution >= 0.6 is 11.6 Å². The molecule has 1 rings (SSSR count). The maximum atomic E-state index is 5.72. The summed E-state index contributed by atoms with van der Waals surface area (Å²) in [5.74, 6) is 0.835. The number of hydrogen-bond donors (Lipinski definition) is 0. The molecule has 0 amide bonds. The number of alkyl halides is 1. The summed E-state index contributed by atoms with van der Waals surface area (Å²) >= 11 is 5.72. The van der Waals surface area contributed by atoms with E-state index in [0.29, 0.717) is 0 Å². The third kappa shape index (κ3) is 41.8. The van der Waals surface area contributed by atoms with E-state index in [4.69, 9.17) is 21.1 Å². The van der Waals surface area contributed by atoms with Crippen molar-refractivity contribution in [1.82, 2.24) is 0 Å². The lowest BCUT2D eigenvalue weighted by Gasteiger charge is -2.08. The molecule has 0 unspecified atom stereocenters. The highest BCUT2D eigenvalue weighted by atomic mass is 35.5. The number of ether oxygens (including phenoxy) is 2. The van der Waals surface area contributed by atoms with Gasteiger partial charge in [0.1, 0.15) is 0 Å². The van der Waals surface area contributed by atoms with Crippen molar-refractivity contribution in [3.05, 3.63) is 24.3 Å². The van der Waals surface area contributed by atoms with E-state index < -0.39 is 0 Å². The molecular formula is C44H85ClO2. The zero-order valence-corrected chi connectivity index (χ0v) is 33.0. The van der Waals surface area contributed by atoms with Crippen molar-refractivity contribution in [3.8, 4) is 0 Å². The highest BCUT2D eigenvalue weighted by Gasteiger charge is 2.14. The summed E-state index contributed by atoms with van der Waals surface area (Å²) in [5, 5.41) is 0. The fourth-order valence-corrected chi connectivity index (χ4v) is 6.55. The molecule has 1 fully saturated rings. The van der Waals surface area contributed by atoms with Crippen molar-refractivity contribution in [3.63, 3.8) is 0 Å². The lowest BCUT2D eigenvalue weighted by atomic mass is 10.0. The van der Waals surface area contributed by atoms with Crippen LogP contribution in [0.3, 0.4) is 0 Å². The zero-order chi connectivity index (χ0) is 34.0. The van der Waals surface area contributed by atoms with Crippen LogP contribution in [0.25, 0.3) is 0 Å². The summed E-state index contributed by atoms with van der Waals surface area (Å²) in [6.45, 7) is 6.04. The smallest absolute Gasteiger partial charge is 0.157 e. The van der Waals surface area contributed by atoms with Gasteiger partial charge in [-0.1, -0.05) is 186 Å². The molecule has 47 heavy (non-hydrogen) atoms. The highest BCUT2D eigenvalue weighted by Crippen LogP contribution is 2.16. The van der Waals surface area contributed by atoms with Crippen molar-refractivity contribution in [2.75, 3.05) is 19.1 Å². The quantitative estimate of drug-likeness (QED) is 0.0372. The van der Waals surface area contributed by atoms with Gasteiger partial charge in [-0.2, -0.15) is 0 Å². The van der Waals surface area contributed by atoms with E-state index in [1.165, 1.54) is 212 Å². The van der Waals surface area contributed by atoms with E-state index >= 15 is 0 Å². The lowest BCUT2D eigenvalue weighted by Crippen LogP contribution is -2.06. The average Bonchev–Trinajstić information content (AvgIpc) is 3.61. The maximum Gasteiger partial charge on any atom is 0.157 e. The van der Waals surface area contributed by atoms with Crippen LogP contribution in [0.15, 0.2) is 24.3 Å². The Morgan fingerprint density at radius 1 is 0.383 bits per heavy atom. The van der Waals surface area contributed by atoms with Gasteiger partial charge in [-0.15, -0.1) is 11.6 Å². The molecule has 0 aromatic rings. The second-order valence-corrected chi connectivity index (χ2v) is 14.7. The van der Waals surface area contributed by atoms with Gasteiger partial charge in [0.15, 0.2) is 6.29 Å². The second-order valence-electron chi connectivity index (χ2n) is 14.3. The predicted octanol–water partition coefficient (Wildman–Crippen LogP) is 16.0. The summed E-state index contributed by atoms with van der Waals surface area (Å²) < 4.78 is 11.0. The first kappa shape index (κ1) is 46.7. The Labute approximate surface area is 302 Å². The van der Waals surface area contributed by atoms with Crippen molar-refractivity contribution in [1.29, 1.82) is 0 Å². The molecule has 0 radical (unpaired) electrons. The van der Waals surface area contributed by atoms with Crippen molar-refractivity contribution < 1.29 is 9.47 Å². The van der Waals surface area contributed by atoms with Gasteiger partial charge in [0, 0.05) is 5.88 Å². The van der Waals surface area contributed by atoms with Gasteiger partial charge < -0.3 is 9.47 Å². The molecule has 0 atom stereocenters. The third-order valence-corrected chi connectivity index (χ3v) is 9.81. The summed E-state index contributed by atoms with van der Waals surface area (Å²) in [5.41, 5.74) is 0. The molecule has 1 saturated heterocycles. The molecule has 0 N–H and O–H groups in total. The van der Waals surface area contributed by atoms with Gasteiger partial charge >= 0.3 is 0 Å². The van der Waals surface area contributed by atoms with Crippen LogP contribution in [-0.2, 0) is 9.47 Å². The number of unbranched alkanes of at least 4 members (excludes halogenated alkanes) is 29. The minimum atomic E-state index is 0.101. The van der Waals surface area contributed by atoms with Gasteiger partial charge in [0.25, 0.3) is 0 Å². The molecule has 3 heteroatoms. The zero-order valence-electron chi connectivity index (χ0n) is 32.2. The number of halogens is 1. The van der Waals surface area contributed by atoms with Gasteiger partial charge in [-0.3, -0.25) is 0 Å². The number of rotatable bonds is 36. The number of hydrogen-bond acceptors (Lipinski definition) is 2. The fraction of sp³-hybridized carbons (Fsp3) is 0.909. The molecule has 0 aromatic carbocycles. The molecule has 1 aliphatic rings. The first-order valence-corrected chi connectivity index (χ1v) is 22.0. The van der Waals surface area contributed by atoms with Crippen LogP contribution in [0, 0.1) is 0 Å². The summed E-state index contributed by atoms with van der Waals surface area (Å²) in [4.78, 5) is 0. The van der Waals surface area contributed by atoms with Gasteiger partial charge in [0.2, 0.25) is 0 Å². The van der Waals surface area contributed by atoms with E-state index in [2.05, 4.69) is 38.2 Å².